The van der Waals surface area contributed by atoms with E-state index in [4.69, 9.17) is 9.47 Å². The molecule has 1 aromatic carbocycles. The molecule has 20 heavy (non-hydrogen) atoms. The first-order valence-electron chi connectivity index (χ1n) is 6.51. The van der Waals surface area contributed by atoms with Gasteiger partial charge in [0.15, 0.2) is 0 Å². The van der Waals surface area contributed by atoms with Crippen molar-refractivity contribution in [3.05, 3.63) is 23.8 Å². The summed E-state index contributed by atoms with van der Waals surface area (Å²) in [5.74, 6) is 0.352. The van der Waals surface area contributed by atoms with Gasteiger partial charge in [-0.05, 0) is 45.4 Å². The summed E-state index contributed by atoms with van der Waals surface area (Å²) in [6, 6.07) is 5.14. The van der Waals surface area contributed by atoms with Crippen molar-refractivity contribution in [2.24, 2.45) is 0 Å². The van der Waals surface area contributed by atoms with Gasteiger partial charge in [-0.1, -0.05) is 6.07 Å². The fraction of sp³-hybridized carbons (Fsp3) is 0.571. The minimum absolute atomic E-state index is 0.186. The molecule has 0 radical (unpaired) electrons. The van der Waals surface area contributed by atoms with Gasteiger partial charge in [0.2, 0.25) is 10.0 Å². The smallest absolute Gasteiger partial charge is 0.249 e. The van der Waals surface area contributed by atoms with Gasteiger partial charge < -0.3 is 9.47 Å². The summed E-state index contributed by atoms with van der Waals surface area (Å²) in [5.41, 5.74) is 0.294. The van der Waals surface area contributed by atoms with E-state index in [1.54, 1.807) is 19.1 Å². The fourth-order valence-corrected chi connectivity index (χ4v) is 4.67. The molecule has 0 amide bonds. The molecule has 0 aromatic heterocycles. The summed E-state index contributed by atoms with van der Waals surface area (Å²) in [5, 5.41) is 0. The van der Waals surface area contributed by atoms with Crippen molar-refractivity contribution in [1.82, 2.24) is 4.31 Å². The van der Waals surface area contributed by atoms with E-state index in [1.165, 1.54) is 11.4 Å². The van der Waals surface area contributed by atoms with Crippen LogP contribution < -0.4 is 4.74 Å². The lowest BCUT2D eigenvalue weighted by atomic mass is 10.1. The van der Waals surface area contributed by atoms with Gasteiger partial charge in [-0.3, -0.25) is 0 Å². The average molecular weight is 299 g/mol. The molecule has 1 aliphatic heterocycles. The molecule has 1 fully saturated rings. The predicted octanol–water partition coefficient (Wildman–Crippen LogP) is 2.15. The van der Waals surface area contributed by atoms with Crippen molar-refractivity contribution in [3.8, 4) is 5.75 Å². The van der Waals surface area contributed by atoms with Crippen molar-refractivity contribution in [1.29, 1.82) is 0 Å². The normalized spacial score (nSPS) is 22.9. The highest BCUT2D eigenvalue weighted by molar-refractivity contribution is 7.89. The maximum absolute atomic E-state index is 13.0. The van der Waals surface area contributed by atoms with Gasteiger partial charge in [-0.15, -0.1) is 0 Å². The van der Waals surface area contributed by atoms with Gasteiger partial charge >= 0.3 is 0 Å². The zero-order valence-electron chi connectivity index (χ0n) is 12.5. The molecule has 0 bridgehead atoms. The minimum Gasteiger partial charge on any atom is -0.495 e. The molecule has 1 atom stereocenters. The van der Waals surface area contributed by atoms with Gasteiger partial charge in [0, 0.05) is 0 Å². The lowest BCUT2D eigenvalue weighted by molar-refractivity contribution is 0.0843. The lowest BCUT2D eigenvalue weighted by Crippen LogP contribution is -2.47. The third kappa shape index (κ3) is 2.43. The van der Waals surface area contributed by atoms with Crippen LogP contribution in [0.5, 0.6) is 5.75 Å². The molecule has 6 heteroatoms. The van der Waals surface area contributed by atoms with Crippen molar-refractivity contribution in [2.45, 2.75) is 44.4 Å². The number of aryl methyl sites for hydroxylation is 1. The monoisotopic (exact) mass is 299 g/mol. The number of nitrogens with zero attached hydrogens (tertiary/aromatic N) is 1. The highest BCUT2D eigenvalue weighted by Gasteiger charge is 2.47. The Balaban J connectivity index is 2.58. The van der Waals surface area contributed by atoms with E-state index in [2.05, 4.69) is 0 Å². The molecule has 1 aliphatic rings. The second-order valence-corrected chi connectivity index (χ2v) is 7.46. The number of hydrogen-bond acceptors (Lipinski definition) is 4. The Morgan fingerprint density at radius 2 is 2.05 bits per heavy atom. The van der Waals surface area contributed by atoms with Crippen LogP contribution >= 0.6 is 0 Å². The van der Waals surface area contributed by atoms with E-state index >= 15 is 0 Å². The highest BCUT2D eigenvalue weighted by atomic mass is 32.2. The van der Waals surface area contributed by atoms with E-state index in [9.17, 15) is 8.42 Å². The molecule has 112 valence electrons. The topological polar surface area (TPSA) is 55.8 Å². The molecule has 1 unspecified atom stereocenters. The number of benzene rings is 1. The summed E-state index contributed by atoms with van der Waals surface area (Å²) in [4.78, 5) is 0.186. The molecule has 0 saturated carbocycles. The Labute approximate surface area is 120 Å². The van der Waals surface area contributed by atoms with Gasteiger partial charge in [0.25, 0.3) is 0 Å². The summed E-state index contributed by atoms with van der Waals surface area (Å²) >= 11 is 0. The van der Waals surface area contributed by atoms with Gasteiger partial charge in [-0.25, -0.2) is 8.42 Å². The van der Waals surface area contributed by atoms with Crippen LogP contribution in [-0.4, -0.2) is 38.2 Å². The zero-order chi connectivity index (χ0) is 15.1. The first kappa shape index (κ1) is 15.3. The maximum Gasteiger partial charge on any atom is 0.249 e. The Hall–Kier alpha value is -1.11. The van der Waals surface area contributed by atoms with E-state index in [-0.39, 0.29) is 4.90 Å². The minimum atomic E-state index is -3.68. The van der Waals surface area contributed by atoms with E-state index < -0.39 is 21.8 Å². The third-order valence-corrected chi connectivity index (χ3v) is 5.64. The van der Waals surface area contributed by atoms with Crippen LogP contribution in [0.3, 0.4) is 0 Å². The Morgan fingerprint density at radius 1 is 1.40 bits per heavy atom. The fourth-order valence-electron chi connectivity index (χ4n) is 2.56. The molecule has 0 aliphatic carbocycles. The second-order valence-electron chi connectivity index (χ2n) is 5.68. The molecule has 0 N–H and O–H groups in total. The maximum atomic E-state index is 13.0. The number of ether oxygens (including phenoxy) is 2. The largest absolute Gasteiger partial charge is 0.495 e. The van der Waals surface area contributed by atoms with Crippen LogP contribution in [0.25, 0.3) is 0 Å². The van der Waals surface area contributed by atoms with Crippen molar-refractivity contribution < 1.29 is 17.9 Å². The summed E-state index contributed by atoms with van der Waals surface area (Å²) in [7, 11) is -2.21. The van der Waals surface area contributed by atoms with Gasteiger partial charge in [-0.2, -0.15) is 4.31 Å². The number of methoxy groups -OCH3 is 1. The number of hydrogen-bond donors (Lipinski definition) is 0. The zero-order valence-corrected chi connectivity index (χ0v) is 13.3. The standard InChI is InChI=1S/C14H21NO4S/c1-10-6-7-12(18-5)13(8-10)20(16,17)15-11(2)19-9-14(15,3)4/h6-8,11H,9H2,1-5H3. The van der Waals surface area contributed by atoms with Crippen LogP contribution in [-0.2, 0) is 14.8 Å². The van der Waals surface area contributed by atoms with Crippen LogP contribution in [0.2, 0.25) is 0 Å². The Morgan fingerprint density at radius 3 is 2.55 bits per heavy atom. The summed E-state index contributed by atoms with van der Waals surface area (Å²) < 4.78 is 38.0. The molecular weight excluding hydrogens is 278 g/mol. The first-order chi connectivity index (χ1) is 9.20. The van der Waals surface area contributed by atoms with Crippen molar-refractivity contribution >= 4 is 10.0 Å². The van der Waals surface area contributed by atoms with Gasteiger partial charge in [0.05, 0.1) is 19.3 Å². The average Bonchev–Trinajstić information content (AvgIpc) is 2.63. The van der Waals surface area contributed by atoms with Gasteiger partial charge in [0.1, 0.15) is 16.9 Å². The van der Waals surface area contributed by atoms with Crippen LogP contribution in [0.4, 0.5) is 0 Å². The molecule has 5 nitrogen and oxygen atoms in total. The van der Waals surface area contributed by atoms with Crippen LogP contribution in [0.1, 0.15) is 26.3 Å². The molecule has 0 spiro atoms. The lowest BCUT2D eigenvalue weighted by Gasteiger charge is -2.31. The van der Waals surface area contributed by atoms with Crippen LogP contribution in [0, 0.1) is 6.92 Å². The molecule has 2 rings (SSSR count). The number of sulfonamides is 1. The predicted molar refractivity (Wildman–Crippen MR) is 76.2 cm³/mol. The third-order valence-electron chi connectivity index (χ3n) is 3.46. The molecule has 1 saturated heterocycles. The van der Waals surface area contributed by atoms with E-state index in [0.29, 0.717) is 12.4 Å². The quantitative estimate of drug-likeness (QED) is 0.858. The Kier molecular flexibility index (Phi) is 3.83. The molecular formula is C14H21NO4S. The second kappa shape index (κ2) is 5.02. The number of rotatable bonds is 3. The molecule has 1 heterocycles. The SMILES string of the molecule is COc1ccc(C)cc1S(=O)(=O)N1C(C)OCC1(C)C. The highest BCUT2D eigenvalue weighted by Crippen LogP contribution is 2.36. The van der Waals surface area contributed by atoms with Crippen molar-refractivity contribution in [3.63, 3.8) is 0 Å². The molecule has 1 aromatic rings. The van der Waals surface area contributed by atoms with Crippen LogP contribution in [0.15, 0.2) is 23.1 Å². The Bertz CT molecular complexity index is 610. The van der Waals surface area contributed by atoms with E-state index in [1.807, 2.05) is 26.8 Å². The first-order valence-corrected chi connectivity index (χ1v) is 7.95. The van der Waals surface area contributed by atoms with E-state index in [0.717, 1.165) is 5.56 Å². The summed E-state index contributed by atoms with van der Waals surface area (Å²) in [6.07, 6.45) is -0.486. The van der Waals surface area contributed by atoms with Crippen molar-refractivity contribution in [2.75, 3.05) is 13.7 Å². The summed E-state index contributed by atoms with van der Waals surface area (Å²) in [6.45, 7) is 7.69.